The van der Waals surface area contributed by atoms with E-state index in [-0.39, 0.29) is 0 Å². The molecule has 1 saturated carbocycles. The molecule has 0 spiro atoms. The zero-order chi connectivity index (χ0) is 17.1. The van der Waals surface area contributed by atoms with Crippen molar-refractivity contribution in [1.29, 1.82) is 0 Å². The number of epoxide rings is 1. The van der Waals surface area contributed by atoms with Crippen LogP contribution in [0.15, 0.2) is 42.5 Å². The molecule has 1 aliphatic carbocycles. The molecule has 2 aromatic carbocycles. The summed E-state index contributed by atoms with van der Waals surface area (Å²) in [5.74, 6) is 2.59. The van der Waals surface area contributed by atoms with E-state index < -0.39 is 0 Å². The third-order valence-electron chi connectivity index (χ3n) is 5.34. The Labute approximate surface area is 149 Å². The zero-order valence-corrected chi connectivity index (χ0v) is 14.9. The number of hydrogen-bond acceptors (Lipinski definition) is 3. The first-order chi connectivity index (χ1) is 12.3. The molecular weight excluding hydrogens is 312 g/mol. The highest BCUT2D eigenvalue weighted by Crippen LogP contribution is 2.41. The lowest BCUT2D eigenvalue weighted by atomic mass is 9.93. The number of ether oxygens (including phenoxy) is 3. The number of para-hydroxylation sites is 2. The molecule has 0 bridgehead atoms. The number of hydrogen-bond donors (Lipinski definition) is 0. The van der Waals surface area contributed by atoms with Crippen LogP contribution in [0.1, 0.15) is 48.3 Å². The molecule has 2 aromatic rings. The Balaban J connectivity index is 1.60. The minimum absolute atomic E-state index is 0.368. The van der Waals surface area contributed by atoms with E-state index in [4.69, 9.17) is 14.2 Å². The minimum Gasteiger partial charge on any atom is -0.496 e. The highest BCUT2D eigenvalue weighted by atomic mass is 16.6. The summed E-state index contributed by atoms with van der Waals surface area (Å²) in [6.45, 7) is 1.41. The predicted molar refractivity (Wildman–Crippen MR) is 98.4 cm³/mol. The highest BCUT2D eigenvalue weighted by molar-refractivity contribution is 5.45. The van der Waals surface area contributed by atoms with Crippen LogP contribution in [-0.2, 0) is 17.8 Å². The maximum absolute atomic E-state index is 6.40. The molecule has 1 aliphatic heterocycles. The summed E-state index contributed by atoms with van der Waals surface area (Å²) >= 11 is 0. The average molecular weight is 338 g/mol. The number of methoxy groups -OCH3 is 1. The normalized spacial score (nSPS) is 19.8. The van der Waals surface area contributed by atoms with Gasteiger partial charge in [-0.1, -0.05) is 49.2 Å². The van der Waals surface area contributed by atoms with Crippen LogP contribution >= 0.6 is 0 Å². The van der Waals surface area contributed by atoms with Crippen molar-refractivity contribution in [3.05, 3.63) is 59.2 Å². The summed E-state index contributed by atoms with van der Waals surface area (Å²) in [6.07, 6.45) is 6.51. The molecule has 0 N–H and O–H groups in total. The van der Waals surface area contributed by atoms with Crippen LogP contribution in [-0.4, -0.2) is 19.8 Å². The first-order valence-electron chi connectivity index (χ1n) is 9.33. The maximum Gasteiger partial charge on any atom is 0.126 e. The smallest absolute Gasteiger partial charge is 0.126 e. The van der Waals surface area contributed by atoms with Crippen molar-refractivity contribution in [2.75, 3.05) is 13.7 Å². The van der Waals surface area contributed by atoms with Gasteiger partial charge in [-0.15, -0.1) is 0 Å². The molecule has 1 unspecified atom stereocenters. The van der Waals surface area contributed by atoms with Crippen molar-refractivity contribution in [3.8, 4) is 11.5 Å². The second-order valence-electron chi connectivity index (χ2n) is 7.08. The quantitative estimate of drug-likeness (QED) is 0.675. The van der Waals surface area contributed by atoms with E-state index in [1.54, 1.807) is 7.11 Å². The Bertz CT molecular complexity index is 715. The monoisotopic (exact) mass is 338 g/mol. The summed E-state index contributed by atoms with van der Waals surface area (Å²) in [5.41, 5.74) is 3.74. The van der Waals surface area contributed by atoms with Crippen molar-refractivity contribution in [2.24, 2.45) is 0 Å². The van der Waals surface area contributed by atoms with Crippen LogP contribution in [0.5, 0.6) is 11.5 Å². The summed E-state index contributed by atoms with van der Waals surface area (Å²) < 4.78 is 17.3. The first kappa shape index (κ1) is 16.5. The van der Waals surface area contributed by atoms with Crippen molar-refractivity contribution in [2.45, 2.75) is 50.7 Å². The van der Waals surface area contributed by atoms with Gasteiger partial charge >= 0.3 is 0 Å². The number of rotatable bonds is 7. The molecule has 0 amide bonds. The second kappa shape index (κ2) is 7.49. The third kappa shape index (κ3) is 3.82. The molecule has 4 rings (SSSR count). The molecule has 0 radical (unpaired) electrons. The van der Waals surface area contributed by atoms with E-state index in [1.807, 2.05) is 18.2 Å². The Morgan fingerprint density at radius 1 is 1.00 bits per heavy atom. The Kier molecular flexibility index (Phi) is 4.93. The van der Waals surface area contributed by atoms with E-state index in [1.165, 1.54) is 36.8 Å². The lowest BCUT2D eigenvalue weighted by Crippen LogP contribution is -2.07. The fraction of sp³-hybridized carbons (Fsp3) is 0.455. The van der Waals surface area contributed by atoms with Crippen molar-refractivity contribution >= 4 is 0 Å². The van der Waals surface area contributed by atoms with Crippen LogP contribution in [0.3, 0.4) is 0 Å². The van der Waals surface area contributed by atoms with Gasteiger partial charge in [0.05, 0.1) is 19.8 Å². The van der Waals surface area contributed by atoms with Crippen molar-refractivity contribution < 1.29 is 14.2 Å². The summed E-state index contributed by atoms with van der Waals surface area (Å²) in [5, 5.41) is 0. The topological polar surface area (TPSA) is 31.0 Å². The van der Waals surface area contributed by atoms with Gasteiger partial charge < -0.3 is 14.2 Å². The van der Waals surface area contributed by atoms with Crippen LogP contribution in [0.4, 0.5) is 0 Å². The molecular formula is C22H26O3. The van der Waals surface area contributed by atoms with Crippen molar-refractivity contribution in [3.63, 3.8) is 0 Å². The van der Waals surface area contributed by atoms with Crippen LogP contribution in [0.2, 0.25) is 0 Å². The average Bonchev–Trinajstić information content (AvgIpc) is 3.30. The molecule has 3 nitrogen and oxygen atoms in total. The van der Waals surface area contributed by atoms with Gasteiger partial charge in [0.2, 0.25) is 0 Å². The Morgan fingerprint density at radius 2 is 1.76 bits per heavy atom. The molecule has 2 aliphatic rings. The van der Waals surface area contributed by atoms with Gasteiger partial charge in [-0.3, -0.25) is 0 Å². The van der Waals surface area contributed by atoms with Gasteiger partial charge in [-0.2, -0.15) is 0 Å². The van der Waals surface area contributed by atoms with Crippen LogP contribution < -0.4 is 9.47 Å². The number of benzene rings is 2. The predicted octanol–water partition coefficient (Wildman–Crippen LogP) is 4.87. The fourth-order valence-electron chi connectivity index (χ4n) is 3.90. The molecule has 1 atom stereocenters. The summed E-state index contributed by atoms with van der Waals surface area (Å²) in [7, 11) is 1.71. The van der Waals surface area contributed by atoms with Gasteiger partial charge in [-0.25, -0.2) is 0 Å². The summed E-state index contributed by atoms with van der Waals surface area (Å²) in [6, 6.07) is 14.7. The molecule has 25 heavy (non-hydrogen) atoms. The first-order valence-corrected chi connectivity index (χ1v) is 9.33. The zero-order valence-electron chi connectivity index (χ0n) is 14.9. The van der Waals surface area contributed by atoms with Crippen LogP contribution in [0.25, 0.3) is 0 Å². The molecule has 0 aromatic heterocycles. The van der Waals surface area contributed by atoms with Gasteiger partial charge in [0.1, 0.15) is 18.1 Å². The summed E-state index contributed by atoms with van der Waals surface area (Å²) in [4.78, 5) is 0. The molecule has 1 heterocycles. The Hall–Kier alpha value is -2.00. The Morgan fingerprint density at radius 3 is 2.52 bits per heavy atom. The van der Waals surface area contributed by atoms with E-state index in [9.17, 15) is 0 Å². The second-order valence-corrected chi connectivity index (χ2v) is 7.08. The van der Waals surface area contributed by atoms with Gasteiger partial charge in [0.15, 0.2) is 0 Å². The molecule has 2 fully saturated rings. The van der Waals surface area contributed by atoms with Crippen molar-refractivity contribution in [1.82, 2.24) is 0 Å². The van der Waals surface area contributed by atoms with E-state index in [0.717, 1.165) is 30.1 Å². The minimum atomic E-state index is 0.368. The highest BCUT2D eigenvalue weighted by Gasteiger charge is 2.27. The van der Waals surface area contributed by atoms with E-state index in [2.05, 4.69) is 24.3 Å². The maximum atomic E-state index is 6.40. The van der Waals surface area contributed by atoms with Gasteiger partial charge in [0, 0.05) is 12.0 Å². The lowest BCUT2D eigenvalue weighted by Gasteiger charge is -2.20. The largest absolute Gasteiger partial charge is 0.496 e. The van der Waals surface area contributed by atoms with Gasteiger partial charge in [-0.05, 0) is 36.0 Å². The standard InChI is InChI=1S/C22H26O3/c1-23-21-12-5-4-9-18(21)14-25-22-17(13-19-15-24-19)10-6-11-20(22)16-7-2-3-8-16/h4-6,9-12,16,19H,2-3,7-8,13-15H2,1H3. The van der Waals surface area contributed by atoms with E-state index in [0.29, 0.717) is 18.6 Å². The van der Waals surface area contributed by atoms with E-state index >= 15 is 0 Å². The SMILES string of the molecule is COc1ccccc1COc1c(CC2CO2)cccc1C1CCCC1. The van der Waals surface area contributed by atoms with Crippen LogP contribution in [0, 0.1) is 0 Å². The third-order valence-corrected chi connectivity index (χ3v) is 5.34. The molecule has 132 valence electrons. The molecule has 1 saturated heterocycles. The van der Waals surface area contributed by atoms with Gasteiger partial charge in [0.25, 0.3) is 0 Å². The molecule has 3 heteroatoms. The lowest BCUT2D eigenvalue weighted by molar-refractivity contribution is 0.287. The fourth-order valence-corrected chi connectivity index (χ4v) is 3.90.